The largest absolute Gasteiger partial charge is 0.497 e. The number of rotatable bonds is 10. The summed E-state index contributed by atoms with van der Waals surface area (Å²) in [7, 11) is 4.80. The Morgan fingerprint density at radius 3 is 2.26 bits per heavy atom. The summed E-state index contributed by atoms with van der Waals surface area (Å²) in [4.78, 5) is 32.3. The van der Waals surface area contributed by atoms with Crippen molar-refractivity contribution in [2.45, 2.75) is 18.9 Å². The van der Waals surface area contributed by atoms with Gasteiger partial charge in [-0.25, -0.2) is 0 Å². The first-order chi connectivity index (χ1) is 20.5. The van der Waals surface area contributed by atoms with Crippen LogP contribution < -0.4 is 19.1 Å². The van der Waals surface area contributed by atoms with E-state index in [4.69, 9.17) is 18.9 Å². The van der Waals surface area contributed by atoms with E-state index < -0.39 is 0 Å². The minimum absolute atomic E-state index is 0.00290. The van der Waals surface area contributed by atoms with Crippen LogP contribution in [0.3, 0.4) is 0 Å². The van der Waals surface area contributed by atoms with Gasteiger partial charge >= 0.3 is 0 Å². The second-order valence-electron chi connectivity index (χ2n) is 10.3. The standard InChI is InChI=1S/C31H37N5O6/c1-39-23-8-6-22(7-9-23)31(38)36(20-25-5-4-18-42-25)21-30(37)35-16-14-34(15-17-35)29-13-12-27(32-33-29)26-11-10-24(40-2)19-28(26)41-3/h6-13,19,25H,4-5,14-18,20-21H2,1-3H3. The summed E-state index contributed by atoms with van der Waals surface area (Å²) in [6.45, 7) is 3.36. The van der Waals surface area contributed by atoms with Crippen LogP contribution in [0.1, 0.15) is 23.2 Å². The van der Waals surface area contributed by atoms with Gasteiger partial charge in [0, 0.05) is 56.5 Å². The van der Waals surface area contributed by atoms with Gasteiger partial charge in [-0.15, -0.1) is 10.2 Å². The van der Waals surface area contributed by atoms with Gasteiger partial charge in [0.2, 0.25) is 5.91 Å². The number of aromatic nitrogens is 2. The number of nitrogens with zero attached hydrogens (tertiary/aromatic N) is 5. The van der Waals surface area contributed by atoms with Crippen molar-refractivity contribution in [1.82, 2.24) is 20.0 Å². The zero-order valence-corrected chi connectivity index (χ0v) is 24.3. The molecule has 0 N–H and O–H groups in total. The van der Waals surface area contributed by atoms with Crippen molar-refractivity contribution in [3.8, 4) is 28.5 Å². The van der Waals surface area contributed by atoms with Gasteiger partial charge in [-0.3, -0.25) is 9.59 Å². The summed E-state index contributed by atoms with van der Waals surface area (Å²) in [5.41, 5.74) is 2.03. The van der Waals surface area contributed by atoms with Gasteiger partial charge in [0.05, 0.1) is 33.1 Å². The van der Waals surface area contributed by atoms with Crippen molar-refractivity contribution in [2.75, 3.05) is 72.1 Å². The Kier molecular flexibility index (Phi) is 9.38. The SMILES string of the molecule is COc1ccc(C(=O)N(CC(=O)N2CCN(c3ccc(-c4ccc(OC)cc4OC)nn3)CC2)CC2CCCO2)cc1. The van der Waals surface area contributed by atoms with Gasteiger partial charge in [0.15, 0.2) is 5.82 Å². The van der Waals surface area contributed by atoms with E-state index in [9.17, 15) is 9.59 Å². The molecule has 0 spiro atoms. The van der Waals surface area contributed by atoms with Gasteiger partial charge in [0.1, 0.15) is 23.8 Å². The molecule has 2 saturated heterocycles. The molecular weight excluding hydrogens is 538 g/mol. The molecule has 2 aliphatic heterocycles. The number of carbonyl (C=O) groups excluding carboxylic acids is 2. The Labute approximate surface area is 245 Å². The average molecular weight is 576 g/mol. The minimum Gasteiger partial charge on any atom is -0.497 e. The van der Waals surface area contributed by atoms with Crippen molar-refractivity contribution in [2.24, 2.45) is 0 Å². The molecule has 3 heterocycles. The fourth-order valence-electron chi connectivity index (χ4n) is 5.27. The molecule has 0 bridgehead atoms. The maximum absolute atomic E-state index is 13.4. The molecule has 5 rings (SSSR count). The third-order valence-corrected chi connectivity index (χ3v) is 7.69. The Hall–Kier alpha value is -4.38. The molecule has 2 amide bonds. The van der Waals surface area contributed by atoms with Gasteiger partial charge in [-0.2, -0.15) is 0 Å². The average Bonchev–Trinajstić information content (AvgIpc) is 3.57. The number of carbonyl (C=O) groups is 2. The molecule has 2 aromatic carbocycles. The lowest BCUT2D eigenvalue weighted by Gasteiger charge is -2.36. The number of methoxy groups -OCH3 is 3. The molecule has 2 fully saturated rings. The predicted molar refractivity (Wildman–Crippen MR) is 157 cm³/mol. The van der Waals surface area contributed by atoms with Crippen LogP contribution >= 0.6 is 0 Å². The summed E-state index contributed by atoms with van der Waals surface area (Å²) in [6.07, 6.45) is 1.78. The summed E-state index contributed by atoms with van der Waals surface area (Å²) in [6, 6.07) is 16.4. The number of hydrogen-bond acceptors (Lipinski definition) is 9. The molecule has 222 valence electrons. The van der Waals surface area contributed by atoms with Crippen LogP contribution in [0.2, 0.25) is 0 Å². The zero-order chi connectivity index (χ0) is 29.5. The van der Waals surface area contributed by atoms with Crippen LogP contribution in [0.25, 0.3) is 11.3 Å². The van der Waals surface area contributed by atoms with Crippen molar-refractivity contribution in [1.29, 1.82) is 0 Å². The first-order valence-corrected chi connectivity index (χ1v) is 14.1. The summed E-state index contributed by atoms with van der Waals surface area (Å²) in [5.74, 6) is 2.50. The Morgan fingerprint density at radius 2 is 1.64 bits per heavy atom. The Balaban J connectivity index is 1.20. The highest BCUT2D eigenvalue weighted by Crippen LogP contribution is 2.32. The smallest absolute Gasteiger partial charge is 0.254 e. The molecule has 11 heteroatoms. The minimum atomic E-state index is -0.191. The van der Waals surface area contributed by atoms with Crippen molar-refractivity contribution < 1.29 is 28.5 Å². The van der Waals surface area contributed by atoms with Gasteiger partial charge < -0.3 is 33.6 Å². The van der Waals surface area contributed by atoms with Gasteiger partial charge in [-0.1, -0.05) is 0 Å². The molecule has 42 heavy (non-hydrogen) atoms. The lowest BCUT2D eigenvalue weighted by atomic mass is 10.1. The number of anilines is 1. The van der Waals surface area contributed by atoms with E-state index >= 15 is 0 Å². The van der Waals surface area contributed by atoms with Crippen molar-refractivity contribution >= 4 is 17.6 Å². The maximum atomic E-state index is 13.4. The second kappa shape index (κ2) is 13.5. The van der Waals surface area contributed by atoms with E-state index in [1.54, 1.807) is 50.5 Å². The topological polar surface area (TPSA) is 107 Å². The summed E-state index contributed by atoms with van der Waals surface area (Å²) < 4.78 is 21.8. The van der Waals surface area contributed by atoms with Crippen LogP contribution in [-0.2, 0) is 9.53 Å². The van der Waals surface area contributed by atoms with Crippen molar-refractivity contribution in [3.05, 3.63) is 60.2 Å². The fraction of sp³-hybridized carbons (Fsp3) is 0.419. The van der Waals surface area contributed by atoms with E-state index in [-0.39, 0.29) is 24.5 Å². The molecule has 11 nitrogen and oxygen atoms in total. The van der Waals surface area contributed by atoms with Crippen molar-refractivity contribution in [3.63, 3.8) is 0 Å². The maximum Gasteiger partial charge on any atom is 0.254 e. The molecule has 0 radical (unpaired) electrons. The van der Waals surface area contributed by atoms with E-state index in [2.05, 4.69) is 15.1 Å². The van der Waals surface area contributed by atoms with E-state index in [1.807, 2.05) is 35.2 Å². The third kappa shape index (κ3) is 6.73. The highest BCUT2D eigenvalue weighted by atomic mass is 16.5. The predicted octanol–water partition coefficient (Wildman–Crippen LogP) is 3.14. The van der Waals surface area contributed by atoms with Crippen LogP contribution in [0.5, 0.6) is 17.2 Å². The molecular formula is C31H37N5O6. The fourth-order valence-corrected chi connectivity index (χ4v) is 5.27. The number of hydrogen-bond donors (Lipinski definition) is 0. The third-order valence-electron chi connectivity index (χ3n) is 7.69. The van der Waals surface area contributed by atoms with Crippen LogP contribution in [0.15, 0.2) is 54.6 Å². The number of amides is 2. The molecule has 1 atom stereocenters. The molecule has 0 aliphatic carbocycles. The van der Waals surface area contributed by atoms with E-state index in [0.29, 0.717) is 67.8 Å². The highest BCUT2D eigenvalue weighted by molar-refractivity contribution is 5.96. The molecule has 1 unspecified atom stereocenters. The Bertz CT molecular complexity index is 1350. The summed E-state index contributed by atoms with van der Waals surface area (Å²) >= 11 is 0. The van der Waals surface area contributed by atoms with Crippen LogP contribution in [0, 0.1) is 0 Å². The lowest BCUT2D eigenvalue weighted by Crippen LogP contribution is -2.52. The summed E-state index contributed by atoms with van der Waals surface area (Å²) in [5, 5.41) is 8.88. The molecule has 0 saturated carbocycles. The highest BCUT2D eigenvalue weighted by Gasteiger charge is 2.29. The van der Waals surface area contributed by atoms with Gasteiger partial charge in [0.25, 0.3) is 5.91 Å². The number of ether oxygens (including phenoxy) is 4. The second-order valence-corrected chi connectivity index (χ2v) is 10.3. The first kappa shape index (κ1) is 29.1. The van der Waals surface area contributed by atoms with Crippen LogP contribution in [-0.4, -0.2) is 105 Å². The Morgan fingerprint density at radius 1 is 0.905 bits per heavy atom. The molecule has 2 aliphatic rings. The van der Waals surface area contributed by atoms with Gasteiger partial charge in [-0.05, 0) is 61.4 Å². The molecule has 1 aromatic heterocycles. The lowest BCUT2D eigenvalue weighted by molar-refractivity contribution is -0.132. The van der Waals surface area contributed by atoms with E-state index in [1.165, 1.54) is 0 Å². The van der Waals surface area contributed by atoms with E-state index in [0.717, 1.165) is 24.2 Å². The first-order valence-electron chi connectivity index (χ1n) is 14.1. The quantitative estimate of drug-likeness (QED) is 0.360. The van der Waals surface area contributed by atoms with Crippen LogP contribution in [0.4, 0.5) is 5.82 Å². The normalized spacial score (nSPS) is 16.7. The number of benzene rings is 2. The molecule has 3 aromatic rings. The number of piperazine rings is 1. The zero-order valence-electron chi connectivity index (χ0n) is 24.3. The monoisotopic (exact) mass is 575 g/mol.